The lowest BCUT2D eigenvalue weighted by Gasteiger charge is -2.11. The van der Waals surface area contributed by atoms with Crippen molar-refractivity contribution < 1.29 is 4.79 Å². The van der Waals surface area contributed by atoms with Crippen LogP contribution in [0.25, 0.3) is 6.08 Å². The van der Waals surface area contributed by atoms with Crippen molar-refractivity contribution in [3.05, 3.63) is 70.3 Å². The molecule has 0 aliphatic rings. The van der Waals surface area contributed by atoms with Crippen LogP contribution in [0.5, 0.6) is 0 Å². The summed E-state index contributed by atoms with van der Waals surface area (Å²) in [6.45, 7) is 8.13. The predicted octanol–water partition coefficient (Wildman–Crippen LogP) is 4.57. The Morgan fingerprint density at radius 1 is 0.905 bits per heavy atom. The van der Waals surface area contributed by atoms with Gasteiger partial charge in [0, 0.05) is 11.8 Å². The molecule has 0 aliphatic heterocycles. The van der Waals surface area contributed by atoms with Crippen LogP contribution < -0.4 is 5.32 Å². The number of anilines is 1. The maximum atomic E-state index is 12.0. The molecule has 0 unspecified atom stereocenters. The molecule has 0 spiro atoms. The van der Waals surface area contributed by atoms with Gasteiger partial charge in [-0.25, -0.2) is 0 Å². The van der Waals surface area contributed by atoms with Gasteiger partial charge >= 0.3 is 0 Å². The van der Waals surface area contributed by atoms with Crippen LogP contribution in [0.1, 0.15) is 27.8 Å². The lowest BCUT2D eigenvalue weighted by molar-refractivity contribution is -0.111. The first-order valence-electron chi connectivity index (χ1n) is 7.09. The fourth-order valence-corrected chi connectivity index (χ4v) is 2.39. The first-order chi connectivity index (χ1) is 9.95. The van der Waals surface area contributed by atoms with Crippen LogP contribution in [0.15, 0.2) is 42.5 Å². The summed E-state index contributed by atoms with van der Waals surface area (Å²) in [5.74, 6) is -0.106. The molecule has 0 bridgehead atoms. The van der Waals surface area contributed by atoms with E-state index < -0.39 is 0 Å². The Hall–Kier alpha value is -2.35. The van der Waals surface area contributed by atoms with E-state index in [4.69, 9.17) is 0 Å². The second-order valence-corrected chi connectivity index (χ2v) is 5.51. The number of hydrogen-bond acceptors (Lipinski definition) is 1. The van der Waals surface area contributed by atoms with Crippen molar-refractivity contribution in [3.63, 3.8) is 0 Å². The molecule has 21 heavy (non-hydrogen) atoms. The van der Waals surface area contributed by atoms with Gasteiger partial charge in [-0.3, -0.25) is 4.79 Å². The van der Waals surface area contributed by atoms with E-state index in [2.05, 4.69) is 24.4 Å². The van der Waals surface area contributed by atoms with Crippen molar-refractivity contribution in [2.24, 2.45) is 0 Å². The summed E-state index contributed by atoms with van der Waals surface area (Å²) in [4.78, 5) is 12.0. The molecule has 0 heterocycles. The molecule has 2 aromatic carbocycles. The van der Waals surface area contributed by atoms with Crippen LogP contribution >= 0.6 is 0 Å². The Morgan fingerprint density at radius 3 is 2.05 bits per heavy atom. The average molecular weight is 279 g/mol. The number of carbonyl (C=O) groups excluding carboxylic acids is 1. The van der Waals surface area contributed by atoms with Crippen LogP contribution in [-0.4, -0.2) is 5.91 Å². The average Bonchev–Trinajstić information content (AvgIpc) is 2.42. The fourth-order valence-electron chi connectivity index (χ4n) is 2.39. The highest BCUT2D eigenvalue weighted by atomic mass is 16.1. The fraction of sp³-hybridized carbons (Fsp3) is 0.211. The van der Waals surface area contributed by atoms with Gasteiger partial charge in [-0.15, -0.1) is 0 Å². The van der Waals surface area contributed by atoms with Gasteiger partial charge in [0.05, 0.1) is 0 Å². The first-order valence-corrected chi connectivity index (χ1v) is 7.09. The number of amides is 1. The van der Waals surface area contributed by atoms with Crippen molar-refractivity contribution in [3.8, 4) is 0 Å². The Balaban J connectivity index is 2.10. The van der Waals surface area contributed by atoms with E-state index >= 15 is 0 Å². The zero-order valence-electron chi connectivity index (χ0n) is 13.0. The van der Waals surface area contributed by atoms with Crippen LogP contribution in [-0.2, 0) is 4.79 Å². The van der Waals surface area contributed by atoms with Gasteiger partial charge in [0.2, 0.25) is 5.91 Å². The lowest BCUT2D eigenvalue weighted by atomic mass is 10.1. The van der Waals surface area contributed by atoms with E-state index in [0.29, 0.717) is 0 Å². The Labute approximate surface area is 126 Å². The maximum absolute atomic E-state index is 12.0. The van der Waals surface area contributed by atoms with Gasteiger partial charge in [-0.1, -0.05) is 47.5 Å². The topological polar surface area (TPSA) is 29.1 Å². The highest BCUT2D eigenvalue weighted by Gasteiger charge is 2.05. The van der Waals surface area contributed by atoms with Gasteiger partial charge in [0.15, 0.2) is 0 Å². The molecule has 2 nitrogen and oxygen atoms in total. The van der Waals surface area contributed by atoms with Crippen molar-refractivity contribution in [1.82, 2.24) is 0 Å². The number of rotatable bonds is 3. The van der Waals surface area contributed by atoms with Crippen LogP contribution in [0.2, 0.25) is 0 Å². The second-order valence-electron chi connectivity index (χ2n) is 5.51. The molecule has 0 atom stereocenters. The van der Waals surface area contributed by atoms with E-state index in [9.17, 15) is 4.79 Å². The summed E-state index contributed by atoms with van der Waals surface area (Å²) in [5.41, 5.74) is 6.52. The summed E-state index contributed by atoms with van der Waals surface area (Å²) in [6, 6.07) is 12.2. The van der Waals surface area contributed by atoms with E-state index in [1.54, 1.807) is 6.08 Å². The van der Waals surface area contributed by atoms with Gasteiger partial charge in [-0.2, -0.15) is 0 Å². The standard InChI is InChI=1S/C19H21NO/c1-13-5-7-17(8-6-13)9-10-18(21)20-19-15(3)11-14(2)12-16(19)4/h5-12H,1-4H3,(H,20,21)/b10-9-. The van der Waals surface area contributed by atoms with Crippen molar-refractivity contribution in [2.45, 2.75) is 27.7 Å². The minimum atomic E-state index is -0.106. The van der Waals surface area contributed by atoms with Gasteiger partial charge in [0.1, 0.15) is 0 Å². The molecule has 2 aromatic rings. The van der Waals surface area contributed by atoms with Gasteiger partial charge in [0.25, 0.3) is 0 Å². The summed E-state index contributed by atoms with van der Waals surface area (Å²) in [7, 11) is 0. The molecule has 0 radical (unpaired) electrons. The third kappa shape index (κ3) is 4.06. The highest BCUT2D eigenvalue weighted by molar-refractivity contribution is 6.02. The minimum absolute atomic E-state index is 0.106. The summed E-state index contributed by atoms with van der Waals surface area (Å²) in [5, 5.41) is 2.96. The summed E-state index contributed by atoms with van der Waals surface area (Å²) >= 11 is 0. The first kappa shape index (κ1) is 15.0. The Bertz CT molecular complexity index is 658. The van der Waals surface area contributed by atoms with Crippen molar-refractivity contribution in [1.29, 1.82) is 0 Å². The van der Waals surface area contributed by atoms with Crippen molar-refractivity contribution >= 4 is 17.7 Å². The second kappa shape index (κ2) is 6.40. The monoisotopic (exact) mass is 279 g/mol. The van der Waals surface area contributed by atoms with E-state index in [-0.39, 0.29) is 5.91 Å². The normalized spacial score (nSPS) is 10.9. The number of nitrogens with one attached hydrogen (secondary N) is 1. The van der Waals surface area contributed by atoms with Crippen LogP contribution in [0.3, 0.4) is 0 Å². The molecule has 0 aromatic heterocycles. The zero-order valence-corrected chi connectivity index (χ0v) is 13.0. The lowest BCUT2D eigenvalue weighted by Crippen LogP contribution is -2.10. The predicted molar refractivity (Wildman–Crippen MR) is 89.5 cm³/mol. The zero-order chi connectivity index (χ0) is 15.4. The molecule has 0 saturated carbocycles. The van der Waals surface area contributed by atoms with E-state index in [1.807, 2.05) is 51.1 Å². The van der Waals surface area contributed by atoms with Crippen LogP contribution in [0, 0.1) is 27.7 Å². The van der Waals surface area contributed by atoms with Gasteiger partial charge in [-0.05, 0) is 50.5 Å². The molecule has 108 valence electrons. The largest absolute Gasteiger partial charge is 0.322 e. The molecule has 1 N–H and O–H groups in total. The molecule has 0 fully saturated rings. The number of benzene rings is 2. The number of hydrogen-bond donors (Lipinski definition) is 1. The molecular weight excluding hydrogens is 258 g/mol. The van der Waals surface area contributed by atoms with E-state index in [0.717, 1.165) is 22.4 Å². The Morgan fingerprint density at radius 2 is 1.48 bits per heavy atom. The minimum Gasteiger partial charge on any atom is -0.322 e. The number of carbonyl (C=O) groups is 1. The molecule has 0 aliphatic carbocycles. The van der Waals surface area contributed by atoms with Crippen LogP contribution in [0.4, 0.5) is 5.69 Å². The molecule has 1 amide bonds. The third-order valence-corrected chi connectivity index (χ3v) is 3.43. The SMILES string of the molecule is Cc1ccc(/C=C\C(=O)Nc2c(C)cc(C)cc2C)cc1. The third-order valence-electron chi connectivity index (χ3n) is 3.43. The quantitative estimate of drug-likeness (QED) is 0.819. The summed E-state index contributed by atoms with van der Waals surface area (Å²) < 4.78 is 0. The molecular formula is C19H21NO. The van der Waals surface area contributed by atoms with Crippen molar-refractivity contribution in [2.75, 3.05) is 5.32 Å². The molecule has 2 heteroatoms. The molecule has 0 saturated heterocycles. The highest BCUT2D eigenvalue weighted by Crippen LogP contribution is 2.21. The summed E-state index contributed by atoms with van der Waals surface area (Å²) in [6.07, 6.45) is 3.40. The Kier molecular flexibility index (Phi) is 4.59. The smallest absolute Gasteiger partial charge is 0.248 e. The number of aryl methyl sites for hydroxylation is 4. The van der Waals surface area contributed by atoms with Gasteiger partial charge < -0.3 is 5.32 Å². The maximum Gasteiger partial charge on any atom is 0.248 e. The molecule has 2 rings (SSSR count). The van der Waals surface area contributed by atoms with E-state index in [1.165, 1.54) is 11.1 Å².